The number of benzene rings is 1. The van der Waals surface area contributed by atoms with Crippen molar-refractivity contribution in [3.63, 3.8) is 0 Å². The molecule has 0 bridgehead atoms. The Hall–Kier alpha value is -2.71. The number of ether oxygens (including phenoxy) is 1. The second-order valence-corrected chi connectivity index (χ2v) is 6.71. The van der Waals surface area contributed by atoms with Gasteiger partial charge in [-0.25, -0.2) is 4.68 Å². The highest BCUT2D eigenvalue weighted by Gasteiger charge is 2.33. The van der Waals surface area contributed by atoms with Crippen LogP contribution in [0.5, 0.6) is 5.75 Å². The molecule has 3 heterocycles. The fourth-order valence-electron chi connectivity index (χ4n) is 3.25. The molecule has 0 unspecified atom stereocenters. The minimum atomic E-state index is -0.540. The summed E-state index contributed by atoms with van der Waals surface area (Å²) in [5.41, 5.74) is 3.03. The van der Waals surface area contributed by atoms with E-state index in [-0.39, 0.29) is 6.10 Å². The Balaban J connectivity index is 1.40. The van der Waals surface area contributed by atoms with Crippen molar-refractivity contribution in [2.75, 3.05) is 13.1 Å². The number of likely N-dealkylation sites (tertiary alicyclic amines) is 1. The number of hydrogen-bond donors (Lipinski definition) is 1. The lowest BCUT2D eigenvalue weighted by atomic mass is 10.2. The van der Waals surface area contributed by atoms with Gasteiger partial charge in [0.1, 0.15) is 12.2 Å². The zero-order chi connectivity index (χ0) is 18.1. The first-order valence-electron chi connectivity index (χ1n) is 8.61. The van der Waals surface area contributed by atoms with Crippen LogP contribution < -0.4 is 4.74 Å². The molecule has 8 heteroatoms. The van der Waals surface area contributed by atoms with E-state index in [9.17, 15) is 5.11 Å². The van der Waals surface area contributed by atoms with Crippen LogP contribution in [0.2, 0.25) is 0 Å². The van der Waals surface area contributed by atoms with Crippen molar-refractivity contribution in [2.24, 2.45) is 7.05 Å². The number of para-hydroxylation sites is 1. The third-order valence-corrected chi connectivity index (χ3v) is 4.57. The van der Waals surface area contributed by atoms with E-state index in [0.29, 0.717) is 25.4 Å². The van der Waals surface area contributed by atoms with Gasteiger partial charge in [-0.1, -0.05) is 23.4 Å². The average Bonchev–Trinajstić information content (AvgIpc) is 3.31. The average molecular weight is 354 g/mol. The predicted octanol–water partition coefficient (Wildman–Crippen LogP) is 0.933. The molecule has 8 nitrogen and oxygen atoms in total. The molecule has 26 heavy (non-hydrogen) atoms. The summed E-state index contributed by atoms with van der Waals surface area (Å²) in [6.45, 7) is 3.85. The molecule has 4 rings (SSSR count). The SMILES string of the molecule is Cc1ccccc1-n1cc(CN2C[C@@H](O)[C@H](Oc3cnn(C)c3)C2)nn1. The van der Waals surface area contributed by atoms with Crippen molar-refractivity contribution in [2.45, 2.75) is 25.7 Å². The zero-order valence-electron chi connectivity index (χ0n) is 14.9. The van der Waals surface area contributed by atoms with Gasteiger partial charge in [0.15, 0.2) is 5.75 Å². The monoisotopic (exact) mass is 354 g/mol. The number of aliphatic hydroxyl groups is 1. The molecule has 0 radical (unpaired) electrons. The van der Waals surface area contributed by atoms with Crippen LogP contribution in [0.15, 0.2) is 42.9 Å². The summed E-state index contributed by atoms with van der Waals surface area (Å²) >= 11 is 0. The molecule has 2 atom stereocenters. The third-order valence-electron chi connectivity index (χ3n) is 4.57. The molecule has 1 N–H and O–H groups in total. The Labute approximate surface area is 151 Å². The maximum absolute atomic E-state index is 10.3. The van der Waals surface area contributed by atoms with Gasteiger partial charge < -0.3 is 9.84 Å². The van der Waals surface area contributed by atoms with Crippen LogP contribution in [0.3, 0.4) is 0 Å². The normalized spacial score (nSPS) is 20.6. The van der Waals surface area contributed by atoms with Gasteiger partial charge >= 0.3 is 0 Å². The van der Waals surface area contributed by atoms with Gasteiger partial charge in [-0.3, -0.25) is 9.58 Å². The number of aromatic nitrogens is 5. The van der Waals surface area contributed by atoms with Gasteiger partial charge in [0.25, 0.3) is 0 Å². The summed E-state index contributed by atoms with van der Waals surface area (Å²) in [5.74, 6) is 0.670. The van der Waals surface area contributed by atoms with Crippen LogP contribution in [-0.4, -0.2) is 60.1 Å². The Bertz CT molecular complexity index is 889. The Morgan fingerprint density at radius 1 is 1.23 bits per heavy atom. The van der Waals surface area contributed by atoms with Crippen LogP contribution in [0.1, 0.15) is 11.3 Å². The first-order chi connectivity index (χ1) is 12.6. The zero-order valence-corrected chi connectivity index (χ0v) is 14.9. The lowest BCUT2D eigenvalue weighted by Crippen LogP contribution is -2.29. The van der Waals surface area contributed by atoms with Gasteiger partial charge in [-0.2, -0.15) is 5.10 Å². The summed E-state index contributed by atoms with van der Waals surface area (Å²) < 4.78 is 9.32. The van der Waals surface area contributed by atoms with Crippen LogP contribution in [0.4, 0.5) is 0 Å². The summed E-state index contributed by atoms with van der Waals surface area (Å²) in [7, 11) is 1.84. The van der Waals surface area contributed by atoms with Crippen molar-refractivity contribution in [3.8, 4) is 11.4 Å². The molecule has 1 aliphatic heterocycles. The Kier molecular flexibility index (Phi) is 4.44. The van der Waals surface area contributed by atoms with Crippen molar-refractivity contribution >= 4 is 0 Å². The molecule has 1 saturated heterocycles. The number of aryl methyl sites for hydroxylation is 2. The summed E-state index contributed by atoms with van der Waals surface area (Å²) in [4.78, 5) is 2.12. The topological polar surface area (TPSA) is 81.2 Å². The maximum Gasteiger partial charge on any atom is 0.157 e. The molecule has 0 amide bonds. The molecule has 1 aromatic carbocycles. The van der Waals surface area contributed by atoms with Gasteiger partial charge in [-0.05, 0) is 18.6 Å². The van der Waals surface area contributed by atoms with E-state index >= 15 is 0 Å². The number of nitrogens with zero attached hydrogens (tertiary/aromatic N) is 6. The summed E-state index contributed by atoms with van der Waals surface area (Å²) in [6, 6.07) is 8.06. The maximum atomic E-state index is 10.3. The minimum absolute atomic E-state index is 0.273. The molecule has 2 aromatic heterocycles. The first-order valence-corrected chi connectivity index (χ1v) is 8.61. The standard InChI is InChI=1S/C18H22N6O2/c1-13-5-3-4-6-16(13)24-9-14(20-21-24)8-23-11-17(25)18(12-23)26-15-7-19-22(2)10-15/h3-7,9-10,17-18,25H,8,11-12H2,1-2H3/t17-,18-/m1/s1. The number of aliphatic hydroxyl groups excluding tert-OH is 1. The van der Waals surface area contributed by atoms with Crippen LogP contribution >= 0.6 is 0 Å². The van der Waals surface area contributed by atoms with Crippen molar-refractivity contribution in [1.29, 1.82) is 0 Å². The molecular formula is C18H22N6O2. The largest absolute Gasteiger partial charge is 0.483 e. The van der Waals surface area contributed by atoms with Crippen molar-refractivity contribution in [3.05, 3.63) is 54.1 Å². The highest BCUT2D eigenvalue weighted by atomic mass is 16.5. The Morgan fingerprint density at radius 3 is 2.85 bits per heavy atom. The van der Waals surface area contributed by atoms with E-state index in [1.54, 1.807) is 21.8 Å². The van der Waals surface area contributed by atoms with E-state index in [2.05, 4.69) is 20.3 Å². The van der Waals surface area contributed by atoms with Gasteiger partial charge in [-0.15, -0.1) is 5.10 Å². The fraction of sp³-hybridized carbons (Fsp3) is 0.389. The van der Waals surface area contributed by atoms with E-state index in [1.165, 1.54) is 0 Å². The third kappa shape index (κ3) is 3.47. The van der Waals surface area contributed by atoms with Crippen molar-refractivity contribution in [1.82, 2.24) is 29.7 Å². The lowest BCUT2D eigenvalue weighted by molar-refractivity contribution is 0.0736. The molecule has 1 aliphatic rings. The molecule has 136 valence electrons. The van der Waals surface area contributed by atoms with Crippen LogP contribution in [0, 0.1) is 6.92 Å². The smallest absolute Gasteiger partial charge is 0.157 e. The fourth-order valence-corrected chi connectivity index (χ4v) is 3.25. The number of hydrogen-bond acceptors (Lipinski definition) is 6. The van der Waals surface area contributed by atoms with Crippen molar-refractivity contribution < 1.29 is 9.84 Å². The first kappa shape index (κ1) is 16.7. The Morgan fingerprint density at radius 2 is 2.08 bits per heavy atom. The van der Waals surface area contributed by atoms with Crippen LogP contribution in [-0.2, 0) is 13.6 Å². The highest BCUT2D eigenvalue weighted by Crippen LogP contribution is 2.20. The van der Waals surface area contributed by atoms with Gasteiger partial charge in [0.2, 0.25) is 0 Å². The van der Waals surface area contributed by atoms with Crippen LogP contribution in [0.25, 0.3) is 5.69 Å². The summed E-state index contributed by atoms with van der Waals surface area (Å²) in [6.07, 6.45) is 4.57. The van der Waals surface area contributed by atoms with Gasteiger partial charge in [0, 0.05) is 26.7 Å². The molecule has 0 saturated carbocycles. The predicted molar refractivity (Wildman–Crippen MR) is 95.0 cm³/mol. The number of β-amino-alcohol motifs (C(OH)–C–C–N with tert-alkyl or cyclic N) is 1. The molecule has 0 spiro atoms. The number of rotatable bonds is 5. The lowest BCUT2D eigenvalue weighted by Gasteiger charge is -2.15. The van der Waals surface area contributed by atoms with E-state index in [1.807, 2.05) is 44.4 Å². The van der Waals surface area contributed by atoms with Gasteiger partial charge in [0.05, 0.1) is 30.0 Å². The molecule has 0 aliphatic carbocycles. The van der Waals surface area contributed by atoms with E-state index in [4.69, 9.17) is 4.74 Å². The molecule has 3 aromatic rings. The van der Waals surface area contributed by atoms with E-state index in [0.717, 1.165) is 16.9 Å². The minimum Gasteiger partial charge on any atom is -0.483 e. The van der Waals surface area contributed by atoms with E-state index < -0.39 is 6.10 Å². The second kappa shape index (κ2) is 6.89. The highest BCUT2D eigenvalue weighted by molar-refractivity contribution is 5.38. The quantitative estimate of drug-likeness (QED) is 0.734. The molecule has 1 fully saturated rings. The summed E-state index contributed by atoms with van der Waals surface area (Å²) in [5, 5.41) is 22.9. The molecular weight excluding hydrogens is 332 g/mol. The second-order valence-electron chi connectivity index (χ2n) is 6.71.